The topological polar surface area (TPSA) is 85.3 Å². The highest BCUT2D eigenvalue weighted by atomic mass is 16.3. The van der Waals surface area contributed by atoms with Crippen LogP contribution in [0.4, 0.5) is 5.69 Å². The smallest absolute Gasteiger partial charge is 0.345 e. The van der Waals surface area contributed by atoms with E-state index in [2.05, 4.69) is 40.4 Å². The van der Waals surface area contributed by atoms with Crippen molar-refractivity contribution in [3.63, 3.8) is 0 Å². The molecule has 0 radical (unpaired) electrons. The second-order valence-corrected chi connectivity index (χ2v) is 8.71. The second-order valence-electron chi connectivity index (χ2n) is 8.71. The molecule has 0 bridgehead atoms. The van der Waals surface area contributed by atoms with E-state index in [0.29, 0.717) is 43.4 Å². The Morgan fingerprint density at radius 2 is 2.12 bits per heavy atom. The number of anilines is 1. The van der Waals surface area contributed by atoms with Crippen molar-refractivity contribution in [2.45, 2.75) is 64.7 Å². The number of furan rings is 1. The van der Waals surface area contributed by atoms with Crippen LogP contribution in [0, 0.1) is 0 Å². The number of aryl methyl sites for hydroxylation is 2. The summed E-state index contributed by atoms with van der Waals surface area (Å²) in [4.78, 5) is 27.5. The summed E-state index contributed by atoms with van der Waals surface area (Å²) in [5, 5.41) is 7.41. The predicted molar refractivity (Wildman–Crippen MR) is 121 cm³/mol. The van der Waals surface area contributed by atoms with Crippen LogP contribution in [0.25, 0.3) is 0 Å². The first-order valence-electron chi connectivity index (χ1n) is 11.5. The third-order valence-electron chi connectivity index (χ3n) is 6.52. The van der Waals surface area contributed by atoms with Crippen LogP contribution in [0.2, 0.25) is 0 Å². The SMILES string of the molecule is CC1Cc2ccccc2N1Cc1occc1C(=O)NCCCn1nc2n(c1=O)CCCC2. The van der Waals surface area contributed by atoms with Crippen LogP contribution in [0.3, 0.4) is 0 Å². The van der Waals surface area contributed by atoms with Gasteiger partial charge in [0.15, 0.2) is 0 Å². The number of hydrogen-bond acceptors (Lipinski definition) is 5. The quantitative estimate of drug-likeness (QED) is 0.577. The van der Waals surface area contributed by atoms with Gasteiger partial charge in [-0.15, -0.1) is 0 Å². The van der Waals surface area contributed by atoms with Crippen molar-refractivity contribution in [1.82, 2.24) is 19.7 Å². The molecule has 0 saturated carbocycles. The van der Waals surface area contributed by atoms with Crippen LogP contribution < -0.4 is 15.9 Å². The zero-order valence-electron chi connectivity index (χ0n) is 18.4. The van der Waals surface area contributed by atoms with Gasteiger partial charge in [0.1, 0.15) is 11.6 Å². The number of aromatic nitrogens is 3. The average Bonchev–Trinajstić information content (AvgIpc) is 3.48. The van der Waals surface area contributed by atoms with E-state index in [1.165, 1.54) is 15.9 Å². The lowest BCUT2D eigenvalue weighted by Gasteiger charge is -2.24. The Hall–Kier alpha value is -3.29. The van der Waals surface area contributed by atoms with Gasteiger partial charge in [-0.25, -0.2) is 9.48 Å². The van der Waals surface area contributed by atoms with Crippen molar-refractivity contribution in [2.75, 3.05) is 11.4 Å². The van der Waals surface area contributed by atoms with E-state index in [1.54, 1.807) is 16.9 Å². The molecule has 0 aliphatic carbocycles. The number of hydrogen-bond donors (Lipinski definition) is 1. The van der Waals surface area contributed by atoms with Crippen molar-refractivity contribution >= 4 is 11.6 Å². The molecule has 8 nitrogen and oxygen atoms in total. The first-order valence-corrected chi connectivity index (χ1v) is 11.5. The van der Waals surface area contributed by atoms with Gasteiger partial charge >= 0.3 is 5.69 Å². The van der Waals surface area contributed by atoms with Gasteiger partial charge in [-0.3, -0.25) is 9.36 Å². The highest BCUT2D eigenvalue weighted by Gasteiger charge is 2.28. The zero-order valence-corrected chi connectivity index (χ0v) is 18.4. The summed E-state index contributed by atoms with van der Waals surface area (Å²) in [6, 6.07) is 10.5. The summed E-state index contributed by atoms with van der Waals surface area (Å²) in [5.74, 6) is 1.40. The lowest BCUT2D eigenvalue weighted by atomic mass is 10.1. The molecule has 4 heterocycles. The van der Waals surface area contributed by atoms with Gasteiger partial charge in [-0.2, -0.15) is 5.10 Å². The molecule has 168 valence electrons. The van der Waals surface area contributed by atoms with Crippen LogP contribution in [0.5, 0.6) is 0 Å². The molecule has 1 aromatic carbocycles. The summed E-state index contributed by atoms with van der Waals surface area (Å²) in [6.45, 7) is 4.48. The van der Waals surface area contributed by atoms with Gasteiger partial charge in [0.05, 0.1) is 18.4 Å². The summed E-state index contributed by atoms with van der Waals surface area (Å²) in [6.07, 6.45) is 6.19. The number of carbonyl (C=O) groups is 1. The maximum absolute atomic E-state index is 12.8. The maximum Gasteiger partial charge on any atom is 0.345 e. The van der Waals surface area contributed by atoms with E-state index in [4.69, 9.17) is 4.42 Å². The van der Waals surface area contributed by atoms with Crippen molar-refractivity contribution < 1.29 is 9.21 Å². The first-order chi connectivity index (χ1) is 15.6. The lowest BCUT2D eigenvalue weighted by Crippen LogP contribution is -2.31. The number of para-hydroxylation sites is 1. The van der Waals surface area contributed by atoms with Crippen LogP contribution in [-0.4, -0.2) is 32.8 Å². The molecule has 1 unspecified atom stereocenters. The van der Waals surface area contributed by atoms with Gasteiger partial charge in [-0.1, -0.05) is 18.2 Å². The molecule has 32 heavy (non-hydrogen) atoms. The minimum absolute atomic E-state index is 0.0387. The van der Waals surface area contributed by atoms with E-state index < -0.39 is 0 Å². The molecule has 2 aliphatic heterocycles. The maximum atomic E-state index is 12.8. The minimum Gasteiger partial charge on any atom is -0.467 e. The number of nitrogens with one attached hydrogen (secondary N) is 1. The third-order valence-corrected chi connectivity index (χ3v) is 6.52. The van der Waals surface area contributed by atoms with Crippen LogP contribution in [-0.2, 0) is 32.5 Å². The van der Waals surface area contributed by atoms with E-state index >= 15 is 0 Å². The van der Waals surface area contributed by atoms with Gasteiger partial charge in [0.2, 0.25) is 0 Å². The molecule has 0 spiro atoms. The first kappa shape index (κ1) is 20.6. The molecule has 1 N–H and O–H groups in total. The number of benzene rings is 1. The fraction of sp³-hybridized carbons (Fsp3) is 0.458. The minimum atomic E-state index is -0.148. The molecule has 1 atom stereocenters. The Labute approximate surface area is 186 Å². The molecule has 2 aromatic heterocycles. The fourth-order valence-corrected chi connectivity index (χ4v) is 4.81. The highest BCUT2D eigenvalue weighted by molar-refractivity contribution is 5.95. The zero-order chi connectivity index (χ0) is 22.1. The van der Waals surface area contributed by atoms with E-state index in [1.807, 2.05) is 6.07 Å². The molecule has 3 aromatic rings. The Kier molecular flexibility index (Phi) is 5.59. The molecular weight excluding hydrogens is 406 g/mol. The molecule has 5 rings (SSSR count). The summed E-state index contributed by atoms with van der Waals surface area (Å²) >= 11 is 0. The Morgan fingerprint density at radius 3 is 3.00 bits per heavy atom. The number of rotatable bonds is 7. The fourth-order valence-electron chi connectivity index (χ4n) is 4.81. The molecule has 2 aliphatic rings. The number of fused-ring (bicyclic) bond motifs is 2. The Morgan fingerprint density at radius 1 is 1.25 bits per heavy atom. The van der Waals surface area contributed by atoms with Gasteiger partial charge < -0.3 is 14.6 Å². The van der Waals surface area contributed by atoms with E-state index in [0.717, 1.165) is 38.1 Å². The Bertz CT molecular complexity index is 1170. The number of carbonyl (C=O) groups excluding carboxylic acids is 1. The summed E-state index contributed by atoms with van der Waals surface area (Å²) in [7, 11) is 0. The standard InChI is InChI=1S/C24H29N5O3/c1-17-15-18-7-2-3-8-20(18)28(17)16-21-19(10-14-32-21)23(30)25-11-6-13-29-24(31)27-12-5-4-9-22(27)26-29/h2-3,7-8,10,14,17H,4-6,9,11-13,15-16H2,1H3,(H,25,30). The van der Waals surface area contributed by atoms with Crippen LogP contribution in [0.1, 0.15) is 53.7 Å². The third kappa shape index (κ3) is 3.85. The van der Waals surface area contributed by atoms with Crippen molar-refractivity contribution in [3.05, 3.63) is 69.8 Å². The van der Waals surface area contributed by atoms with Gasteiger partial charge in [0, 0.05) is 37.8 Å². The van der Waals surface area contributed by atoms with Gasteiger partial charge in [0.25, 0.3) is 5.91 Å². The highest BCUT2D eigenvalue weighted by Crippen LogP contribution is 2.33. The largest absolute Gasteiger partial charge is 0.467 e. The van der Waals surface area contributed by atoms with Gasteiger partial charge in [-0.05, 0) is 50.3 Å². The normalized spacial score (nSPS) is 17.3. The summed E-state index contributed by atoms with van der Waals surface area (Å²) in [5.41, 5.74) is 3.06. The molecular formula is C24H29N5O3. The van der Waals surface area contributed by atoms with Crippen molar-refractivity contribution in [1.29, 1.82) is 0 Å². The number of nitrogens with zero attached hydrogens (tertiary/aromatic N) is 4. The molecule has 1 amide bonds. The van der Waals surface area contributed by atoms with E-state index in [9.17, 15) is 9.59 Å². The Balaban J connectivity index is 1.18. The average molecular weight is 436 g/mol. The lowest BCUT2D eigenvalue weighted by molar-refractivity contribution is 0.0950. The van der Waals surface area contributed by atoms with Crippen molar-refractivity contribution in [2.24, 2.45) is 0 Å². The number of amides is 1. The molecule has 0 saturated heterocycles. The predicted octanol–water partition coefficient (Wildman–Crippen LogP) is 2.75. The molecule has 8 heteroatoms. The van der Waals surface area contributed by atoms with Crippen LogP contribution in [0.15, 0.2) is 45.8 Å². The summed E-state index contributed by atoms with van der Waals surface area (Å²) < 4.78 is 8.99. The molecule has 0 fully saturated rings. The van der Waals surface area contributed by atoms with Crippen LogP contribution >= 0.6 is 0 Å². The van der Waals surface area contributed by atoms with E-state index in [-0.39, 0.29) is 11.6 Å². The second kappa shape index (κ2) is 8.68. The van der Waals surface area contributed by atoms with Crippen molar-refractivity contribution in [3.8, 4) is 0 Å². The monoisotopic (exact) mass is 435 g/mol.